The summed E-state index contributed by atoms with van der Waals surface area (Å²) in [5.74, 6) is -7.18. The quantitative estimate of drug-likeness (QED) is 0.0221. The van der Waals surface area contributed by atoms with E-state index in [1.54, 1.807) is 65.8 Å². The van der Waals surface area contributed by atoms with Crippen molar-refractivity contribution in [1.29, 1.82) is 0 Å². The molecule has 8 aromatic rings. The summed E-state index contributed by atoms with van der Waals surface area (Å²) in [5, 5.41) is 3.22. The normalized spacial score (nSPS) is 12.9. The topological polar surface area (TPSA) is 357 Å². The number of carbonyl (C=O) groups excluding carboxylic acids is 12. The highest BCUT2D eigenvalue weighted by atomic mass is 16.2. The van der Waals surface area contributed by atoms with Gasteiger partial charge in [-0.05, 0) is 171 Å². The molecule has 0 saturated heterocycles. The van der Waals surface area contributed by atoms with E-state index in [2.05, 4.69) is 5.32 Å². The lowest BCUT2D eigenvalue weighted by atomic mass is 10.0. The first kappa shape index (κ1) is 106. The number of rotatable bonds is 56. The van der Waals surface area contributed by atoms with Gasteiger partial charge in [0.15, 0.2) is 0 Å². The number of hydrogen-bond donors (Lipinski definition) is 5. The molecule has 12 amide bonds. The summed E-state index contributed by atoms with van der Waals surface area (Å²) in [4.78, 5) is 199. The largest absolute Gasteiger partial charge is 0.368 e. The first-order valence-electron chi connectivity index (χ1n) is 46.8. The fraction of sp³-hybridized carbons (Fsp3) is 0.429. The lowest BCUT2D eigenvalue weighted by Gasteiger charge is -2.38. The van der Waals surface area contributed by atoms with Gasteiger partial charge in [-0.1, -0.05) is 262 Å². The molecule has 0 heterocycles. The Morgan fingerprint density at radius 3 is 0.617 bits per heavy atom. The number of hydrogen-bond acceptors (Lipinski definition) is 16. The van der Waals surface area contributed by atoms with Crippen LogP contribution in [0.15, 0.2) is 243 Å². The fourth-order valence-electron chi connectivity index (χ4n) is 16.4. The van der Waals surface area contributed by atoms with Crippen molar-refractivity contribution in [3.63, 3.8) is 0 Å². The minimum Gasteiger partial charge on any atom is -0.368 e. The van der Waals surface area contributed by atoms with E-state index >= 15 is 43.2 Å². The Bertz CT molecular complexity index is 4900. The van der Waals surface area contributed by atoms with E-state index < -0.39 is 185 Å². The van der Waals surface area contributed by atoms with Gasteiger partial charge in [-0.25, -0.2) is 0 Å². The number of unbranched alkanes of at least 4 members (excludes halogenated alkanes) is 5. The highest BCUT2D eigenvalue weighted by Crippen LogP contribution is 2.32. The third kappa shape index (κ3) is 32.3. The molecule has 712 valence electrons. The molecule has 0 bridgehead atoms. The van der Waals surface area contributed by atoms with Crippen molar-refractivity contribution >= 4 is 70.9 Å². The highest BCUT2D eigenvalue weighted by molar-refractivity contribution is 5.96. The summed E-state index contributed by atoms with van der Waals surface area (Å²) in [6.45, 7) is 12.0. The van der Waals surface area contributed by atoms with Crippen molar-refractivity contribution in [2.45, 2.75) is 168 Å². The van der Waals surface area contributed by atoms with Crippen LogP contribution in [0, 0.1) is 0 Å². The van der Waals surface area contributed by atoms with Crippen LogP contribution in [0.3, 0.4) is 0 Å². The predicted octanol–water partition coefficient (Wildman–Crippen LogP) is 11.7. The molecule has 0 saturated carbocycles. The molecule has 0 aliphatic carbocycles. The average Bonchev–Trinajstić information content (AvgIpc) is 0.828. The second-order valence-electron chi connectivity index (χ2n) is 34.1. The van der Waals surface area contributed by atoms with Crippen LogP contribution in [0.2, 0.25) is 0 Å². The molecule has 0 fully saturated rings. The minimum atomic E-state index is -0.834. The Morgan fingerprint density at radius 2 is 0.414 bits per heavy atom. The molecule has 8 aromatic carbocycles. The predicted molar refractivity (Wildman–Crippen MR) is 519 cm³/mol. The van der Waals surface area contributed by atoms with E-state index in [0.29, 0.717) is 85.0 Å². The van der Waals surface area contributed by atoms with E-state index in [9.17, 15) is 14.4 Å². The van der Waals surface area contributed by atoms with Gasteiger partial charge >= 0.3 is 0 Å². The van der Waals surface area contributed by atoms with Gasteiger partial charge in [0, 0.05) is 19.6 Å². The smallest absolute Gasteiger partial charge is 0.243 e. The zero-order valence-corrected chi connectivity index (χ0v) is 79.1. The Balaban J connectivity index is 1.12. The van der Waals surface area contributed by atoms with Gasteiger partial charge < -0.3 is 82.2 Å². The van der Waals surface area contributed by atoms with E-state index in [1.807, 2.05) is 239 Å². The lowest BCUT2D eigenvalue weighted by molar-refractivity contribution is -0.152. The Labute approximate surface area is 786 Å². The van der Waals surface area contributed by atoms with Crippen molar-refractivity contribution < 1.29 is 57.5 Å². The number of benzene rings is 8. The van der Waals surface area contributed by atoms with Crippen molar-refractivity contribution in [3.05, 3.63) is 287 Å². The Hall–Kier alpha value is -12.8. The molecule has 133 heavy (non-hydrogen) atoms. The van der Waals surface area contributed by atoms with Crippen molar-refractivity contribution in [2.24, 2.45) is 22.9 Å². The molecule has 0 aromatic heterocycles. The van der Waals surface area contributed by atoms with Crippen LogP contribution < -0.4 is 28.3 Å². The molecule has 0 aliphatic heterocycles. The van der Waals surface area contributed by atoms with Gasteiger partial charge in [-0.15, -0.1) is 0 Å². The number of primary amides is 1. The van der Waals surface area contributed by atoms with Crippen LogP contribution in [0.1, 0.15) is 213 Å². The minimum absolute atomic E-state index is 0.0211. The number of nitrogens with one attached hydrogen (secondary N) is 1. The van der Waals surface area contributed by atoms with Crippen LogP contribution >= 0.6 is 0 Å². The van der Waals surface area contributed by atoms with Gasteiger partial charge in [0.05, 0.1) is 81.1 Å². The van der Waals surface area contributed by atoms with Crippen LogP contribution in [-0.2, 0) is 57.5 Å². The second kappa shape index (κ2) is 55.5. The van der Waals surface area contributed by atoms with E-state index in [0.717, 1.165) is 30.4 Å². The summed E-state index contributed by atoms with van der Waals surface area (Å²) in [7, 11) is 0. The van der Waals surface area contributed by atoms with Crippen molar-refractivity contribution in [1.82, 2.24) is 59.2 Å². The van der Waals surface area contributed by atoms with Gasteiger partial charge in [0.2, 0.25) is 70.9 Å². The molecule has 28 heteroatoms. The summed E-state index contributed by atoms with van der Waals surface area (Å²) < 4.78 is 0. The van der Waals surface area contributed by atoms with E-state index in [-0.39, 0.29) is 45.2 Å². The third-order valence-corrected chi connectivity index (χ3v) is 24.9. The zero-order chi connectivity index (χ0) is 96.3. The SMILES string of the molecule is CCCCCN(CC(=O)N(CC(=O)N(CC(=O)N(CCCCN)CC(=O)N(CC(=O)N(CC(N)=O)[C@@H](C)c1ccccc1)[C@@H](C)c1ccccc1)[C@H](C)c1ccccc1)[C@@H](C)c1ccccc1)C(=O)CN(C(=O)CN(C(=O)CN(CCCCN)C(=O)CN(C(=O)CN(C(=O)CNCCCCN)[C@@H](C)c1ccccc1)[C@H](C)c1ccccc1)[C@@H](C)c1ccccc1)[C@H](C)c1ccccc1. The fourth-order valence-corrected chi connectivity index (χ4v) is 16.4. The molecule has 0 aliphatic rings. The lowest BCUT2D eigenvalue weighted by Crippen LogP contribution is -2.54. The standard InChI is InChI=1S/C105H140N16O12/c1-10-11-40-63-111(68-99(127)120(84(8)92-55-32-18-33-56-92)76-105(133)118(82(6)90-51-28-16-29-52-90)73-98(126)112(64-41-37-60-107)69-100(128)119(83(7)91-53-30-17-31-54-91)75-102(130)114(67-94(109)122)78(2)86-43-20-12-21-44-86)96(124)71-117(81(5)89-49-26-15-27-50-89)104(132)77-121(85(9)93-57-34-19-35-58-93)101(129)70-113(65-42-38-61-108)97(125)72-116(80(4)88-47-24-14-25-48-88)103(131)74-115(79(3)87-45-22-13-23-46-87)95(123)66-110-62-39-36-59-106/h12-35,43-58,78-85,110H,10-11,36-42,59-77,106-108H2,1-9H3,(H2,109,122)/t78-,79-,80+,81+,82+,83-,84-,85-/m0/s1. The maximum Gasteiger partial charge on any atom is 0.243 e. The Kier molecular flexibility index (Phi) is 44.1. The Morgan fingerprint density at radius 1 is 0.233 bits per heavy atom. The number of nitrogens with zero attached hydrogens (tertiary/aromatic N) is 11. The molecule has 9 N–H and O–H groups in total. The molecular formula is C105H140N16O12. The van der Waals surface area contributed by atoms with Gasteiger partial charge in [0.1, 0.15) is 45.8 Å². The first-order valence-corrected chi connectivity index (χ1v) is 46.8. The highest BCUT2D eigenvalue weighted by Gasteiger charge is 2.40. The van der Waals surface area contributed by atoms with Gasteiger partial charge in [-0.3, -0.25) is 57.5 Å². The van der Waals surface area contributed by atoms with Gasteiger partial charge in [-0.2, -0.15) is 0 Å². The molecule has 0 spiro atoms. The molecule has 0 radical (unpaired) electrons. The number of nitrogens with two attached hydrogens (primary N) is 4. The van der Waals surface area contributed by atoms with Gasteiger partial charge in [0.25, 0.3) is 0 Å². The zero-order valence-electron chi connectivity index (χ0n) is 79.1. The van der Waals surface area contributed by atoms with Crippen LogP contribution in [0.25, 0.3) is 0 Å². The molecule has 8 atom stereocenters. The summed E-state index contributed by atoms with van der Waals surface area (Å²) in [6.07, 6.45) is 4.99. The molecule has 0 unspecified atom stereocenters. The maximum absolute atomic E-state index is 16.1. The first-order chi connectivity index (χ1) is 64.1. The van der Waals surface area contributed by atoms with Crippen LogP contribution in [-0.4, -0.2) is 249 Å². The summed E-state index contributed by atoms with van der Waals surface area (Å²) in [5.41, 5.74) is 29.3. The number of amides is 12. The van der Waals surface area contributed by atoms with Crippen LogP contribution in [0.4, 0.5) is 0 Å². The van der Waals surface area contributed by atoms with Crippen molar-refractivity contribution in [2.75, 3.05) is 124 Å². The maximum atomic E-state index is 16.1. The van der Waals surface area contributed by atoms with E-state index in [4.69, 9.17) is 22.9 Å². The molecule has 28 nitrogen and oxygen atoms in total. The van der Waals surface area contributed by atoms with Crippen molar-refractivity contribution in [3.8, 4) is 0 Å². The number of carbonyl (C=O) groups is 12. The third-order valence-electron chi connectivity index (χ3n) is 24.9. The molecule has 8 rings (SSSR count). The monoisotopic (exact) mass is 1820 g/mol. The second-order valence-corrected chi connectivity index (χ2v) is 34.1. The summed E-state index contributed by atoms with van der Waals surface area (Å²) >= 11 is 0. The summed E-state index contributed by atoms with van der Waals surface area (Å²) in [6, 6.07) is 67.2. The average molecular weight is 1820 g/mol. The molecular weight excluding hydrogens is 1680 g/mol. The van der Waals surface area contributed by atoms with Crippen LogP contribution in [0.5, 0.6) is 0 Å². The van der Waals surface area contributed by atoms with E-state index in [1.165, 1.54) is 53.9 Å².